The number of anilines is 1. The zero-order valence-electron chi connectivity index (χ0n) is 16.9. The SMILES string of the molecule is CCN1CCN(CC(=O)Nc2oc3ccc(Cl)cc3c(=O)c2-c2ccccc2)CC1. The summed E-state index contributed by atoms with van der Waals surface area (Å²) in [5.41, 5.74) is 1.17. The molecular weight excluding hydrogens is 402 g/mol. The second-order valence-electron chi connectivity index (χ2n) is 7.40. The molecule has 1 aliphatic heterocycles. The van der Waals surface area contributed by atoms with Gasteiger partial charge in [-0.3, -0.25) is 19.8 Å². The first-order chi connectivity index (χ1) is 14.5. The molecular formula is C23H24ClN3O3. The molecule has 30 heavy (non-hydrogen) atoms. The van der Waals surface area contributed by atoms with E-state index in [0.29, 0.717) is 27.1 Å². The third kappa shape index (κ3) is 4.41. The van der Waals surface area contributed by atoms with Crippen molar-refractivity contribution in [2.24, 2.45) is 0 Å². The molecule has 0 unspecified atom stereocenters. The highest BCUT2D eigenvalue weighted by Crippen LogP contribution is 2.29. The number of benzene rings is 2. The maximum Gasteiger partial charge on any atom is 0.240 e. The van der Waals surface area contributed by atoms with Gasteiger partial charge in [-0.05, 0) is 30.3 Å². The number of carbonyl (C=O) groups excluding carboxylic acids is 1. The van der Waals surface area contributed by atoms with E-state index in [2.05, 4.69) is 22.0 Å². The van der Waals surface area contributed by atoms with Gasteiger partial charge >= 0.3 is 0 Å². The molecule has 1 aliphatic rings. The van der Waals surface area contributed by atoms with Crippen LogP contribution < -0.4 is 10.7 Å². The van der Waals surface area contributed by atoms with Crippen LogP contribution >= 0.6 is 11.6 Å². The summed E-state index contributed by atoms with van der Waals surface area (Å²) in [6.45, 7) is 7.00. The molecule has 2 aromatic carbocycles. The van der Waals surface area contributed by atoms with Crippen LogP contribution in [0.15, 0.2) is 57.7 Å². The first-order valence-electron chi connectivity index (χ1n) is 10.1. The normalized spacial score (nSPS) is 15.4. The molecule has 1 N–H and O–H groups in total. The predicted octanol–water partition coefficient (Wildman–Crippen LogP) is 3.69. The van der Waals surface area contributed by atoms with Gasteiger partial charge in [-0.2, -0.15) is 0 Å². The minimum atomic E-state index is -0.225. The third-order valence-electron chi connectivity index (χ3n) is 5.45. The fraction of sp³-hybridized carbons (Fsp3) is 0.304. The van der Waals surface area contributed by atoms with Crippen molar-refractivity contribution in [3.8, 4) is 11.1 Å². The fourth-order valence-corrected chi connectivity index (χ4v) is 3.93. The van der Waals surface area contributed by atoms with E-state index in [4.69, 9.17) is 16.0 Å². The lowest BCUT2D eigenvalue weighted by molar-refractivity contribution is -0.117. The zero-order chi connectivity index (χ0) is 21.1. The Hall–Kier alpha value is -2.67. The Kier molecular flexibility index (Phi) is 6.18. The van der Waals surface area contributed by atoms with Crippen LogP contribution in [-0.4, -0.2) is 55.0 Å². The van der Waals surface area contributed by atoms with Crippen molar-refractivity contribution in [3.05, 3.63) is 63.8 Å². The van der Waals surface area contributed by atoms with Gasteiger partial charge in [0.15, 0.2) is 0 Å². The number of halogens is 1. The van der Waals surface area contributed by atoms with Crippen LogP contribution in [-0.2, 0) is 4.79 Å². The number of nitrogens with zero attached hydrogens (tertiary/aromatic N) is 2. The summed E-state index contributed by atoms with van der Waals surface area (Å²) < 4.78 is 5.96. The van der Waals surface area contributed by atoms with Crippen LogP contribution in [0.1, 0.15) is 6.92 Å². The van der Waals surface area contributed by atoms with Crippen LogP contribution in [0, 0.1) is 0 Å². The summed E-state index contributed by atoms with van der Waals surface area (Å²) in [7, 11) is 0. The van der Waals surface area contributed by atoms with E-state index >= 15 is 0 Å². The lowest BCUT2D eigenvalue weighted by Crippen LogP contribution is -2.48. The van der Waals surface area contributed by atoms with Crippen molar-refractivity contribution in [2.45, 2.75) is 6.92 Å². The summed E-state index contributed by atoms with van der Waals surface area (Å²) in [6.07, 6.45) is 0. The minimum absolute atomic E-state index is 0.165. The predicted molar refractivity (Wildman–Crippen MR) is 120 cm³/mol. The quantitative estimate of drug-likeness (QED) is 0.675. The highest BCUT2D eigenvalue weighted by molar-refractivity contribution is 6.31. The molecule has 0 atom stereocenters. The van der Waals surface area contributed by atoms with Gasteiger partial charge in [0.25, 0.3) is 0 Å². The molecule has 1 fully saturated rings. The van der Waals surface area contributed by atoms with E-state index in [-0.39, 0.29) is 23.8 Å². The number of likely N-dealkylation sites (N-methyl/N-ethyl adjacent to an activating group) is 1. The van der Waals surface area contributed by atoms with E-state index < -0.39 is 0 Å². The molecule has 0 saturated carbocycles. The van der Waals surface area contributed by atoms with E-state index in [0.717, 1.165) is 32.7 Å². The number of hydrogen-bond acceptors (Lipinski definition) is 5. The molecule has 0 spiro atoms. The van der Waals surface area contributed by atoms with Crippen molar-refractivity contribution < 1.29 is 9.21 Å². The molecule has 3 aromatic rings. The summed E-state index contributed by atoms with van der Waals surface area (Å²) in [6, 6.07) is 14.1. The third-order valence-corrected chi connectivity index (χ3v) is 5.68. The van der Waals surface area contributed by atoms with E-state index in [1.165, 1.54) is 0 Å². The number of hydrogen-bond donors (Lipinski definition) is 1. The Morgan fingerprint density at radius 1 is 1.07 bits per heavy atom. The number of fused-ring (bicyclic) bond motifs is 1. The Morgan fingerprint density at radius 2 is 1.77 bits per heavy atom. The fourth-order valence-electron chi connectivity index (χ4n) is 3.76. The summed E-state index contributed by atoms with van der Waals surface area (Å²) in [5, 5.41) is 3.67. The van der Waals surface area contributed by atoms with Gasteiger partial charge < -0.3 is 9.32 Å². The Morgan fingerprint density at radius 3 is 2.47 bits per heavy atom. The van der Waals surface area contributed by atoms with Crippen molar-refractivity contribution in [1.29, 1.82) is 0 Å². The molecule has 4 rings (SSSR count). The van der Waals surface area contributed by atoms with Gasteiger partial charge in [0.1, 0.15) is 5.58 Å². The van der Waals surface area contributed by atoms with Crippen molar-refractivity contribution >= 4 is 34.4 Å². The molecule has 0 radical (unpaired) electrons. The zero-order valence-corrected chi connectivity index (χ0v) is 17.6. The van der Waals surface area contributed by atoms with Gasteiger partial charge in [0.05, 0.1) is 17.5 Å². The molecule has 6 nitrogen and oxygen atoms in total. The van der Waals surface area contributed by atoms with Gasteiger partial charge in [-0.25, -0.2) is 0 Å². The van der Waals surface area contributed by atoms with Crippen LogP contribution in [0.4, 0.5) is 5.88 Å². The monoisotopic (exact) mass is 425 g/mol. The van der Waals surface area contributed by atoms with Crippen molar-refractivity contribution in [3.63, 3.8) is 0 Å². The number of nitrogens with one attached hydrogen (secondary N) is 1. The van der Waals surface area contributed by atoms with Crippen LogP contribution in [0.2, 0.25) is 5.02 Å². The number of carbonyl (C=O) groups is 1. The Balaban J connectivity index is 1.65. The van der Waals surface area contributed by atoms with Gasteiger partial charge in [0.2, 0.25) is 17.2 Å². The molecule has 1 amide bonds. The van der Waals surface area contributed by atoms with Crippen LogP contribution in [0.3, 0.4) is 0 Å². The molecule has 156 valence electrons. The maximum absolute atomic E-state index is 13.3. The highest BCUT2D eigenvalue weighted by Gasteiger charge is 2.21. The molecule has 0 bridgehead atoms. The molecule has 2 heterocycles. The van der Waals surface area contributed by atoms with Crippen molar-refractivity contribution in [1.82, 2.24) is 9.80 Å². The lowest BCUT2D eigenvalue weighted by atomic mass is 10.0. The maximum atomic E-state index is 13.3. The first kappa shape index (κ1) is 20.6. The van der Waals surface area contributed by atoms with Crippen molar-refractivity contribution in [2.75, 3.05) is 44.6 Å². The Labute approximate surface area is 180 Å². The number of rotatable bonds is 5. The molecule has 7 heteroatoms. The molecule has 0 aliphatic carbocycles. The van der Waals surface area contributed by atoms with Crippen LogP contribution in [0.5, 0.6) is 0 Å². The minimum Gasteiger partial charge on any atom is -0.439 e. The van der Waals surface area contributed by atoms with E-state index in [9.17, 15) is 9.59 Å². The highest BCUT2D eigenvalue weighted by atomic mass is 35.5. The molecule has 1 saturated heterocycles. The van der Waals surface area contributed by atoms with E-state index in [1.807, 2.05) is 30.3 Å². The summed E-state index contributed by atoms with van der Waals surface area (Å²) in [5.74, 6) is -0.0354. The first-order valence-corrected chi connectivity index (χ1v) is 10.5. The van der Waals surface area contributed by atoms with Gasteiger partial charge in [-0.1, -0.05) is 48.9 Å². The lowest BCUT2D eigenvalue weighted by Gasteiger charge is -2.33. The summed E-state index contributed by atoms with van der Waals surface area (Å²) in [4.78, 5) is 30.5. The average Bonchev–Trinajstić information content (AvgIpc) is 2.75. The topological polar surface area (TPSA) is 65.8 Å². The standard InChI is InChI=1S/C23H24ClN3O3/c1-2-26-10-12-27(13-11-26)15-20(28)25-23-21(16-6-4-3-5-7-16)22(29)18-14-17(24)8-9-19(18)30-23/h3-9,14H,2,10-13,15H2,1H3,(H,25,28). The Bertz CT molecular complexity index is 1110. The summed E-state index contributed by atoms with van der Waals surface area (Å²) >= 11 is 6.08. The second-order valence-corrected chi connectivity index (χ2v) is 7.84. The van der Waals surface area contributed by atoms with E-state index in [1.54, 1.807) is 18.2 Å². The van der Waals surface area contributed by atoms with Gasteiger partial charge in [-0.15, -0.1) is 0 Å². The number of piperazine rings is 1. The molecule has 1 aromatic heterocycles. The van der Waals surface area contributed by atoms with Crippen LogP contribution in [0.25, 0.3) is 22.1 Å². The average molecular weight is 426 g/mol. The second kappa shape index (κ2) is 9.00. The smallest absolute Gasteiger partial charge is 0.240 e. The number of amides is 1. The van der Waals surface area contributed by atoms with Gasteiger partial charge in [0, 0.05) is 31.2 Å². The largest absolute Gasteiger partial charge is 0.439 e.